The molecule has 6 nitrogen and oxygen atoms in total. The summed E-state index contributed by atoms with van der Waals surface area (Å²) in [5, 5.41) is 3.30. The molecule has 2 aromatic carbocycles. The van der Waals surface area contributed by atoms with Crippen molar-refractivity contribution in [3.05, 3.63) is 77.7 Å². The zero-order valence-electron chi connectivity index (χ0n) is 17.1. The molecule has 1 aromatic heterocycles. The molecule has 0 aliphatic rings. The van der Waals surface area contributed by atoms with Gasteiger partial charge in [0.25, 0.3) is 5.91 Å². The van der Waals surface area contributed by atoms with Crippen LogP contribution < -0.4 is 15.0 Å². The van der Waals surface area contributed by atoms with Crippen molar-refractivity contribution in [3.63, 3.8) is 0 Å². The molecule has 0 atom stereocenters. The number of aromatic nitrogens is 2. The summed E-state index contributed by atoms with van der Waals surface area (Å²) in [6.45, 7) is 4.97. The van der Waals surface area contributed by atoms with Gasteiger partial charge in [-0.1, -0.05) is 36.4 Å². The molecule has 1 heterocycles. The molecule has 0 unspecified atom stereocenters. The number of rotatable bonds is 8. The Hall–Kier alpha value is -3.41. The van der Waals surface area contributed by atoms with Crippen LogP contribution in [0.1, 0.15) is 28.8 Å². The highest BCUT2D eigenvalue weighted by Crippen LogP contribution is 2.19. The van der Waals surface area contributed by atoms with Crippen LogP contribution in [-0.2, 0) is 6.42 Å². The van der Waals surface area contributed by atoms with Gasteiger partial charge in [-0.15, -0.1) is 0 Å². The van der Waals surface area contributed by atoms with E-state index in [1.807, 2.05) is 61.5 Å². The number of nitrogens with one attached hydrogen (secondary N) is 1. The number of aryl methyl sites for hydroxylation is 1. The Morgan fingerprint density at radius 1 is 1.07 bits per heavy atom. The lowest BCUT2D eigenvalue weighted by atomic mass is 10.1. The van der Waals surface area contributed by atoms with Gasteiger partial charge in [0.15, 0.2) is 0 Å². The van der Waals surface area contributed by atoms with Gasteiger partial charge >= 0.3 is 0 Å². The van der Waals surface area contributed by atoms with Crippen molar-refractivity contribution in [3.8, 4) is 5.75 Å². The van der Waals surface area contributed by atoms with Gasteiger partial charge < -0.3 is 15.0 Å². The fourth-order valence-corrected chi connectivity index (χ4v) is 3.19. The van der Waals surface area contributed by atoms with Crippen LogP contribution in [0.5, 0.6) is 5.75 Å². The van der Waals surface area contributed by atoms with E-state index in [9.17, 15) is 4.79 Å². The number of nitrogens with zero attached hydrogens (tertiary/aromatic N) is 3. The van der Waals surface area contributed by atoms with Crippen molar-refractivity contribution in [1.29, 1.82) is 0 Å². The number of hydrogen-bond donors (Lipinski definition) is 1. The molecule has 0 aliphatic carbocycles. The molecule has 0 aliphatic heterocycles. The molecule has 0 saturated carbocycles. The first-order valence-corrected chi connectivity index (χ1v) is 9.70. The molecule has 1 N–H and O–H groups in total. The highest BCUT2D eigenvalue weighted by atomic mass is 16.5. The second-order valence-electron chi connectivity index (χ2n) is 6.56. The summed E-state index contributed by atoms with van der Waals surface area (Å²) in [5.74, 6) is 1.92. The molecule has 3 aromatic rings. The topological polar surface area (TPSA) is 67.4 Å². The molecule has 0 spiro atoms. The van der Waals surface area contributed by atoms with Crippen molar-refractivity contribution in [2.45, 2.75) is 20.3 Å². The van der Waals surface area contributed by atoms with Gasteiger partial charge in [0.2, 0.25) is 0 Å². The monoisotopic (exact) mass is 390 g/mol. The van der Waals surface area contributed by atoms with E-state index >= 15 is 0 Å². The smallest absolute Gasteiger partial charge is 0.277 e. The molecular weight excluding hydrogens is 364 g/mol. The predicted octanol–water partition coefficient (Wildman–Crippen LogP) is 4.11. The van der Waals surface area contributed by atoms with Crippen molar-refractivity contribution < 1.29 is 9.53 Å². The van der Waals surface area contributed by atoms with Gasteiger partial charge in [-0.3, -0.25) is 4.79 Å². The van der Waals surface area contributed by atoms with Crippen molar-refractivity contribution in [2.75, 3.05) is 30.4 Å². The standard InChI is InChI=1S/C23H26N4O2/c1-4-27(19-11-6-5-7-12-19)23(28)20-16-22(26-17(2)25-20)24-15-14-18-10-8-9-13-21(18)29-3/h5-13,16H,4,14-15H2,1-3H3,(H,24,25,26). The Balaban J connectivity index is 1.73. The number of hydrogen-bond acceptors (Lipinski definition) is 5. The van der Waals surface area contributed by atoms with E-state index in [2.05, 4.69) is 15.3 Å². The maximum atomic E-state index is 13.1. The fraction of sp³-hybridized carbons (Fsp3) is 0.261. The lowest BCUT2D eigenvalue weighted by molar-refractivity contribution is 0.0983. The normalized spacial score (nSPS) is 10.4. The number of para-hydroxylation sites is 2. The third kappa shape index (κ3) is 5.10. The van der Waals surface area contributed by atoms with Crippen LogP contribution in [0.4, 0.5) is 11.5 Å². The minimum Gasteiger partial charge on any atom is -0.496 e. The summed E-state index contributed by atoms with van der Waals surface area (Å²) in [4.78, 5) is 23.5. The number of anilines is 2. The van der Waals surface area contributed by atoms with Crippen molar-refractivity contribution in [2.24, 2.45) is 0 Å². The Bertz CT molecular complexity index is 960. The second-order valence-corrected chi connectivity index (χ2v) is 6.56. The number of carbonyl (C=O) groups is 1. The number of ether oxygens (including phenoxy) is 1. The SMILES string of the molecule is CCN(C(=O)c1cc(NCCc2ccccc2OC)nc(C)n1)c1ccccc1. The first kappa shape index (κ1) is 20.3. The molecule has 150 valence electrons. The van der Waals surface area contributed by atoms with E-state index in [0.717, 1.165) is 23.4 Å². The van der Waals surface area contributed by atoms with Gasteiger partial charge in [-0.05, 0) is 44.0 Å². The molecule has 0 radical (unpaired) electrons. The molecular formula is C23H26N4O2. The van der Waals surface area contributed by atoms with Crippen LogP contribution in [0.25, 0.3) is 0 Å². The Morgan fingerprint density at radius 2 is 1.79 bits per heavy atom. The molecule has 1 amide bonds. The summed E-state index contributed by atoms with van der Waals surface area (Å²) >= 11 is 0. The number of methoxy groups -OCH3 is 1. The van der Waals surface area contributed by atoms with E-state index in [4.69, 9.17) is 4.74 Å². The van der Waals surface area contributed by atoms with Gasteiger partial charge in [0.1, 0.15) is 23.1 Å². The Morgan fingerprint density at radius 3 is 2.52 bits per heavy atom. The van der Waals surface area contributed by atoms with Gasteiger partial charge in [-0.25, -0.2) is 9.97 Å². The molecule has 6 heteroatoms. The quantitative estimate of drug-likeness (QED) is 0.627. The zero-order valence-corrected chi connectivity index (χ0v) is 17.1. The first-order valence-electron chi connectivity index (χ1n) is 9.70. The minimum atomic E-state index is -0.142. The number of benzene rings is 2. The van der Waals surface area contributed by atoms with E-state index in [1.165, 1.54) is 0 Å². The van der Waals surface area contributed by atoms with Gasteiger partial charge in [0.05, 0.1) is 7.11 Å². The zero-order chi connectivity index (χ0) is 20.6. The Kier molecular flexibility index (Phi) is 6.79. The highest BCUT2D eigenvalue weighted by Gasteiger charge is 2.18. The summed E-state index contributed by atoms with van der Waals surface area (Å²) in [7, 11) is 1.67. The largest absolute Gasteiger partial charge is 0.496 e. The highest BCUT2D eigenvalue weighted by molar-refractivity contribution is 6.05. The first-order chi connectivity index (χ1) is 14.1. The summed E-state index contributed by atoms with van der Waals surface area (Å²) in [5.41, 5.74) is 2.34. The van der Waals surface area contributed by atoms with Crippen LogP contribution in [0.2, 0.25) is 0 Å². The van der Waals surface area contributed by atoms with Gasteiger partial charge in [0, 0.05) is 24.8 Å². The predicted molar refractivity (Wildman–Crippen MR) is 116 cm³/mol. The lowest BCUT2D eigenvalue weighted by Crippen LogP contribution is -2.31. The van der Waals surface area contributed by atoms with Crippen molar-refractivity contribution in [1.82, 2.24) is 9.97 Å². The molecule has 0 bridgehead atoms. The number of amides is 1. The molecule has 29 heavy (non-hydrogen) atoms. The summed E-state index contributed by atoms with van der Waals surface area (Å²) in [6, 6.07) is 19.2. The third-order valence-corrected chi connectivity index (χ3v) is 4.58. The van der Waals surface area contributed by atoms with Crippen LogP contribution in [0, 0.1) is 6.92 Å². The second kappa shape index (κ2) is 9.68. The van der Waals surface area contributed by atoms with E-state index < -0.39 is 0 Å². The molecule has 0 fully saturated rings. The third-order valence-electron chi connectivity index (χ3n) is 4.58. The van der Waals surface area contributed by atoms with Crippen LogP contribution in [0.15, 0.2) is 60.7 Å². The van der Waals surface area contributed by atoms with Gasteiger partial charge in [-0.2, -0.15) is 0 Å². The average molecular weight is 390 g/mol. The van der Waals surface area contributed by atoms with Crippen LogP contribution >= 0.6 is 0 Å². The van der Waals surface area contributed by atoms with Crippen LogP contribution in [0.3, 0.4) is 0 Å². The Labute approximate surface area is 171 Å². The van der Waals surface area contributed by atoms with E-state index in [0.29, 0.717) is 30.4 Å². The fourth-order valence-electron chi connectivity index (χ4n) is 3.19. The van der Waals surface area contributed by atoms with E-state index in [-0.39, 0.29) is 5.91 Å². The maximum Gasteiger partial charge on any atom is 0.277 e. The maximum absolute atomic E-state index is 13.1. The van der Waals surface area contributed by atoms with E-state index in [1.54, 1.807) is 25.0 Å². The molecule has 3 rings (SSSR count). The summed E-state index contributed by atoms with van der Waals surface area (Å²) < 4.78 is 5.39. The summed E-state index contributed by atoms with van der Waals surface area (Å²) in [6.07, 6.45) is 0.779. The average Bonchev–Trinajstić information content (AvgIpc) is 2.75. The minimum absolute atomic E-state index is 0.142. The lowest BCUT2D eigenvalue weighted by Gasteiger charge is -2.21. The van der Waals surface area contributed by atoms with Crippen molar-refractivity contribution >= 4 is 17.4 Å². The van der Waals surface area contributed by atoms with Crippen LogP contribution in [-0.4, -0.2) is 36.1 Å². The number of carbonyl (C=O) groups excluding carboxylic acids is 1. The molecule has 0 saturated heterocycles.